The molecule has 0 radical (unpaired) electrons. The standard InChI is InChI=1S/C16H23NO2/c1-12-8-13(9-18)6-7-14(12)17-10-15(2,3)19-16(4,5)11-17/h6-9H,10-11H2,1-5H3. The first-order valence-corrected chi connectivity index (χ1v) is 6.73. The minimum Gasteiger partial charge on any atom is -0.366 e. The van der Waals surface area contributed by atoms with E-state index in [1.807, 2.05) is 18.2 Å². The SMILES string of the molecule is Cc1cc(C=O)ccc1N1CC(C)(C)OC(C)(C)C1. The summed E-state index contributed by atoms with van der Waals surface area (Å²) in [5.74, 6) is 0. The summed E-state index contributed by atoms with van der Waals surface area (Å²) in [4.78, 5) is 13.2. The Morgan fingerprint density at radius 3 is 2.21 bits per heavy atom. The van der Waals surface area contributed by atoms with E-state index < -0.39 is 0 Å². The Bertz CT molecular complexity index is 476. The highest BCUT2D eigenvalue weighted by Crippen LogP contribution is 2.32. The monoisotopic (exact) mass is 261 g/mol. The fourth-order valence-corrected chi connectivity index (χ4v) is 3.06. The lowest BCUT2D eigenvalue weighted by atomic mass is 9.97. The molecule has 3 heteroatoms. The summed E-state index contributed by atoms with van der Waals surface area (Å²) in [6, 6.07) is 5.86. The number of nitrogens with zero attached hydrogens (tertiary/aromatic N) is 1. The predicted molar refractivity (Wildman–Crippen MR) is 78.0 cm³/mol. The molecule has 1 aliphatic heterocycles. The average Bonchev–Trinajstić information content (AvgIpc) is 2.24. The van der Waals surface area contributed by atoms with E-state index in [-0.39, 0.29) is 11.2 Å². The molecule has 0 saturated carbocycles. The molecule has 0 bridgehead atoms. The summed E-state index contributed by atoms with van der Waals surface area (Å²) >= 11 is 0. The first-order chi connectivity index (χ1) is 8.72. The van der Waals surface area contributed by atoms with Crippen LogP contribution in [0.2, 0.25) is 0 Å². The van der Waals surface area contributed by atoms with Crippen molar-refractivity contribution < 1.29 is 9.53 Å². The molecule has 0 atom stereocenters. The van der Waals surface area contributed by atoms with Crippen LogP contribution in [0.5, 0.6) is 0 Å². The van der Waals surface area contributed by atoms with Crippen molar-refractivity contribution in [1.82, 2.24) is 0 Å². The second-order valence-corrected chi connectivity index (χ2v) is 6.64. The number of carbonyl (C=O) groups is 1. The largest absolute Gasteiger partial charge is 0.366 e. The highest BCUT2D eigenvalue weighted by atomic mass is 16.5. The number of ether oxygens (including phenoxy) is 1. The van der Waals surface area contributed by atoms with Crippen molar-refractivity contribution in [2.24, 2.45) is 0 Å². The second-order valence-electron chi connectivity index (χ2n) is 6.64. The Morgan fingerprint density at radius 2 is 1.74 bits per heavy atom. The van der Waals surface area contributed by atoms with Gasteiger partial charge in [0.15, 0.2) is 0 Å². The van der Waals surface area contributed by atoms with Gasteiger partial charge in [0, 0.05) is 24.3 Å². The maximum Gasteiger partial charge on any atom is 0.150 e. The fourth-order valence-electron chi connectivity index (χ4n) is 3.06. The van der Waals surface area contributed by atoms with Crippen LogP contribution in [-0.2, 0) is 4.74 Å². The van der Waals surface area contributed by atoms with Gasteiger partial charge in [0.05, 0.1) is 11.2 Å². The number of morpholine rings is 1. The highest BCUT2D eigenvalue weighted by molar-refractivity contribution is 5.77. The van der Waals surface area contributed by atoms with Crippen molar-refractivity contribution in [3.63, 3.8) is 0 Å². The summed E-state index contributed by atoms with van der Waals surface area (Å²) in [5.41, 5.74) is 2.72. The first kappa shape index (κ1) is 14.1. The zero-order valence-corrected chi connectivity index (χ0v) is 12.5. The third kappa shape index (κ3) is 3.16. The maximum atomic E-state index is 10.8. The van der Waals surface area contributed by atoms with Gasteiger partial charge in [0.25, 0.3) is 0 Å². The molecule has 1 aromatic carbocycles. The summed E-state index contributed by atoms with van der Waals surface area (Å²) in [6.07, 6.45) is 0.893. The van der Waals surface area contributed by atoms with E-state index >= 15 is 0 Å². The van der Waals surface area contributed by atoms with E-state index in [4.69, 9.17) is 4.74 Å². The lowest BCUT2D eigenvalue weighted by molar-refractivity contribution is -0.133. The van der Waals surface area contributed by atoms with Gasteiger partial charge in [0.2, 0.25) is 0 Å². The molecule has 104 valence electrons. The number of benzene rings is 1. The molecule has 1 saturated heterocycles. The fraction of sp³-hybridized carbons (Fsp3) is 0.562. The van der Waals surface area contributed by atoms with E-state index in [9.17, 15) is 4.79 Å². The number of aldehydes is 1. The highest BCUT2D eigenvalue weighted by Gasteiger charge is 2.38. The second kappa shape index (κ2) is 4.64. The van der Waals surface area contributed by atoms with Crippen LogP contribution >= 0.6 is 0 Å². The Hall–Kier alpha value is -1.35. The predicted octanol–water partition coefficient (Wildman–Crippen LogP) is 3.20. The van der Waals surface area contributed by atoms with Gasteiger partial charge in [-0.2, -0.15) is 0 Å². The lowest BCUT2D eigenvalue weighted by Gasteiger charge is -2.48. The van der Waals surface area contributed by atoms with Crippen molar-refractivity contribution in [2.75, 3.05) is 18.0 Å². The molecule has 0 amide bonds. The molecule has 0 unspecified atom stereocenters. The van der Waals surface area contributed by atoms with Crippen molar-refractivity contribution in [3.8, 4) is 0 Å². The Kier molecular flexibility index (Phi) is 3.43. The summed E-state index contributed by atoms with van der Waals surface area (Å²) in [5, 5.41) is 0. The number of carbonyl (C=O) groups excluding carboxylic acids is 1. The molecular formula is C16H23NO2. The number of anilines is 1. The minimum atomic E-state index is -0.169. The molecule has 1 heterocycles. The van der Waals surface area contributed by atoms with E-state index in [2.05, 4.69) is 39.5 Å². The molecule has 1 fully saturated rings. The topological polar surface area (TPSA) is 29.5 Å². The van der Waals surface area contributed by atoms with Crippen LogP contribution in [-0.4, -0.2) is 30.6 Å². The molecule has 2 rings (SSSR count). The molecule has 19 heavy (non-hydrogen) atoms. The van der Waals surface area contributed by atoms with E-state index in [1.54, 1.807) is 0 Å². The smallest absolute Gasteiger partial charge is 0.150 e. The average molecular weight is 261 g/mol. The van der Waals surface area contributed by atoms with Gasteiger partial charge in [-0.15, -0.1) is 0 Å². The van der Waals surface area contributed by atoms with Crippen LogP contribution in [0.15, 0.2) is 18.2 Å². The molecular weight excluding hydrogens is 238 g/mol. The van der Waals surface area contributed by atoms with Gasteiger partial charge in [-0.3, -0.25) is 4.79 Å². The van der Waals surface area contributed by atoms with E-state index in [0.717, 1.165) is 30.5 Å². The molecule has 0 N–H and O–H groups in total. The van der Waals surface area contributed by atoms with Crippen LogP contribution in [0, 0.1) is 6.92 Å². The van der Waals surface area contributed by atoms with Crippen molar-refractivity contribution in [3.05, 3.63) is 29.3 Å². The van der Waals surface area contributed by atoms with Crippen molar-refractivity contribution in [1.29, 1.82) is 0 Å². The zero-order valence-electron chi connectivity index (χ0n) is 12.5. The minimum absolute atomic E-state index is 0.169. The van der Waals surface area contributed by atoms with E-state index in [0.29, 0.717) is 0 Å². The molecule has 0 aliphatic carbocycles. The quantitative estimate of drug-likeness (QED) is 0.766. The molecule has 1 aromatic rings. The molecule has 0 spiro atoms. The Morgan fingerprint density at radius 1 is 1.16 bits per heavy atom. The van der Waals surface area contributed by atoms with Crippen molar-refractivity contribution >= 4 is 12.0 Å². The summed E-state index contributed by atoms with van der Waals surface area (Å²) in [6.45, 7) is 12.3. The first-order valence-electron chi connectivity index (χ1n) is 6.73. The Labute approximate surface area is 115 Å². The van der Waals surface area contributed by atoms with E-state index in [1.165, 1.54) is 5.69 Å². The van der Waals surface area contributed by atoms with Gasteiger partial charge in [-0.25, -0.2) is 0 Å². The van der Waals surface area contributed by atoms with Crippen LogP contribution in [0.4, 0.5) is 5.69 Å². The number of rotatable bonds is 2. The molecule has 3 nitrogen and oxygen atoms in total. The maximum absolute atomic E-state index is 10.8. The third-order valence-electron chi connectivity index (χ3n) is 3.39. The number of aryl methyl sites for hydroxylation is 1. The number of hydrogen-bond acceptors (Lipinski definition) is 3. The third-order valence-corrected chi connectivity index (χ3v) is 3.39. The van der Waals surface area contributed by atoms with Crippen LogP contribution in [0.3, 0.4) is 0 Å². The van der Waals surface area contributed by atoms with Gasteiger partial charge >= 0.3 is 0 Å². The number of hydrogen-bond donors (Lipinski definition) is 0. The summed E-state index contributed by atoms with van der Waals surface area (Å²) < 4.78 is 6.10. The van der Waals surface area contributed by atoms with Crippen LogP contribution in [0.25, 0.3) is 0 Å². The summed E-state index contributed by atoms with van der Waals surface area (Å²) in [7, 11) is 0. The normalized spacial score (nSPS) is 21.2. The van der Waals surface area contributed by atoms with Crippen LogP contribution < -0.4 is 4.90 Å². The molecule has 0 aromatic heterocycles. The van der Waals surface area contributed by atoms with Crippen LogP contribution in [0.1, 0.15) is 43.6 Å². The van der Waals surface area contributed by atoms with Crippen molar-refractivity contribution in [2.45, 2.75) is 45.8 Å². The van der Waals surface area contributed by atoms with Gasteiger partial charge in [-0.1, -0.05) is 0 Å². The lowest BCUT2D eigenvalue weighted by Crippen LogP contribution is -2.57. The molecule has 1 aliphatic rings. The van der Waals surface area contributed by atoms with Gasteiger partial charge in [0.1, 0.15) is 6.29 Å². The van der Waals surface area contributed by atoms with Gasteiger partial charge in [-0.05, 0) is 58.4 Å². The Balaban J connectivity index is 2.33. The van der Waals surface area contributed by atoms with Gasteiger partial charge < -0.3 is 9.64 Å². The zero-order chi connectivity index (χ0) is 14.3.